The van der Waals surface area contributed by atoms with Gasteiger partial charge in [-0.05, 0) is 11.0 Å². The minimum Gasteiger partial charge on any atom is -0.341 e. The molecule has 1 aromatic carbocycles. The van der Waals surface area contributed by atoms with Crippen LogP contribution in [0.3, 0.4) is 0 Å². The molecule has 6 nitrogen and oxygen atoms in total. The molecule has 0 heterocycles. The van der Waals surface area contributed by atoms with Crippen molar-refractivity contribution in [1.82, 2.24) is 4.90 Å². The number of nitrogens with two attached hydrogens (primary N) is 1. The van der Waals surface area contributed by atoms with Gasteiger partial charge < -0.3 is 10.6 Å². The van der Waals surface area contributed by atoms with Crippen LogP contribution in [-0.4, -0.2) is 28.8 Å². The lowest BCUT2D eigenvalue weighted by Crippen LogP contribution is -2.40. The summed E-state index contributed by atoms with van der Waals surface area (Å²) < 4.78 is 0. The van der Waals surface area contributed by atoms with E-state index in [1.807, 2.05) is 20.8 Å². The molecule has 0 aliphatic heterocycles. The standard InChI is InChI=1S/C15H23N3O3/c1-15(2,3)13(16)9-14(19)17(4)10-11-6-5-7-12(8-11)18(20)21/h5-8,13H,9-10,16H2,1-4H3. The van der Waals surface area contributed by atoms with Crippen LogP contribution in [0.25, 0.3) is 0 Å². The van der Waals surface area contributed by atoms with E-state index in [0.29, 0.717) is 6.54 Å². The van der Waals surface area contributed by atoms with Crippen LogP contribution in [0.5, 0.6) is 0 Å². The third-order valence-corrected chi connectivity index (χ3v) is 3.47. The van der Waals surface area contributed by atoms with E-state index >= 15 is 0 Å². The van der Waals surface area contributed by atoms with Crippen molar-refractivity contribution in [3.63, 3.8) is 0 Å². The molecule has 6 heteroatoms. The summed E-state index contributed by atoms with van der Waals surface area (Å²) in [5.74, 6) is -0.0658. The maximum Gasteiger partial charge on any atom is 0.269 e. The van der Waals surface area contributed by atoms with Crippen LogP contribution in [0.2, 0.25) is 0 Å². The van der Waals surface area contributed by atoms with Crippen LogP contribution in [-0.2, 0) is 11.3 Å². The number of nitro groups is 1. The number of nitrogens with zero attached hydrogens (tertiary/aromatic N) is 2. The molecule has 0 aromatic heterocycles. The Labute approximate surface area is 125 Å². The van der Waals surface area contributed by atoms with E-state index in [1.54, 1.807) is 24.1 Å². The molecule has 0 bridgehead atoms. The molecule has 1 atom stereocenters. The third kappa shape index (κ3) is 5.15. The minimum absolute atomic E-state index is 0.0275. The van der Waals surface area contributed by atoms with E-state index < -0.39 is 4.92 Å². The van der Waals surface area contributed by atoms with E-state index in [1.165, 1.54) is 12.1 Å². The van der Waals surface area contributed by atoms with Gasteiger partial charge in [-0.1, -0.05) is 32.9 Å². The molecule has 1 amide bonds. The van der Waals surface area contributed by atoms with Crippen molar-refractivity contribution < 1.29 is 9.72 Å². The third-order valence-electron chi connectivity index (χ3n) is 3.47. The van der Waals surface area contributed by atoms with Gasteiger partial charge in [0.05, 0.1) is 4.92 Å². The maximum absolute atomic E-state index is 12.1. The first-order valence-electron chi connectivity index (χ1n) is 6.84. The fourth-order valence-electron chi connectivity index (χ4n) is 1.78. The smallest absolute Gasteiger partial charge is 0.269 e. The summed E-state index contributed by atoms with van der Waals surface area (Å²) in [6, 6.07) is 6.07. The fourth-order valence-corrected chi connectivity index (χ4v) is 1.78. The summed E-state index contributed by atoms with van der Waals surface area (Å²) in [6.07, 6.45) is 0.259. The molecule has 0 saturated heterocycles. The van der Waals surface area contributed by atoms with Crippen molar-refractivity contribution in [2.24, 2.45) is 11.1 Å². The molecule has 0 aliphatic carbocycles. The summed E-state index contributed by atoms with van der Waals surface area (Å²) in [4.78, 5) is 24.0. The van der Waals surface area contributed by atoms with Crippen LogP contribution in [0, 0.1) is 15.5 Å². The number of nitro benzene ring substituents is 1. The molecule has 0 saturated carbocycles. The number of carbonyl (C=O) groups is 1. The van der Waals surface area contributed by atoms with Gasteiger partial charge in [0.25, 0.3) is 5.69 Å². The molecule has 1 rings (SSSR count). The molecule has 1 unspecified atom stereocenters. The van der Waals surface area contributed by atoms with Gasteiger partial charge >= 0.3 is 0 Å². The monoisotopic (exact) mass is 293 g/mol. The molecular weight excluding hydrogens is 270 g/mol. The second-order valence-corrected chi connectivity index (χ2v) is 6.35. The number of rotatable bonds is 5. The van der Waals surface area contributed by atoms with Gasteiger partial charge in [-0.2, -0.15) is 0 Å². The lowest BCUT2D eigenvalue weighted by molar-refractivity contribution is -0.384. The number of non-ortho nitro benzene ring substituents is 1. The SMILES string of the molecule is CN(Cc1cccc([N+](=O)[O-])c1)C(=O)CC(N)C(C)(C)C. The minimum atomic E-state index is -0.444. The Morgan fingerprint density at radius 2 is 2.05 bits per heavy atom. The van der Waals surface area contributed by atoms with Crippen LogP contribution in [0.1, 0.15) is 32.8 Å². The highest BCUT2D eigenvalue weighted by atomic mass is 16.6. The molecule has 0 spiro atoms. The largest absolute Gasteiger partial charge is 0.341 e. The predicted molar refractivity (Wildman–Crippen MR) is 81.6 cm³/mol. The molecule has 0 aliphatic rings. The van der Waals surface area contributed by atoms with Crippen LogP contribution >= 0.6 is 0 Å². The Balaban J connectivity index is 2.68. The Bertz CT molecular complexity index is 523. The Morgan fingerprint density at radius 1 is 1.43 bits per heavy atom. The van der Waals surface area contributed by atoms with Gasteiger partial charge in [0.1, 0.15) is 0 Å². The van der Waals surface area contributed by atoms with Crippen LogP contribution in [0.4, 0.5) is 5.69 Å². The predicted octanol–water partition coefficient (Wildman–Crippen LogP) is 2.32. The van der Waals surface area contributed by atoms with E-state index in [9.17, 15) is 14.9 Å². The molecule has 0 radical (unpaired) electrons. The summed E-state index contributed by atoms with van der Waals surface area (Å²) in [5.41, 5.74) is 6.63. The fraction of sp³-hybridized carbons (Fsp3) is 0.533. The van der Waals surface area contributed by atoms with Gasteiger partial charge in [0.2, 0.25) is 5.91 Å². The van der Waals surface area contributed by atoms with E-state index in [-0.39, 0.29) is 29.5 Å². The maximum atomic E-state index is 12.1. The van der Waals surface area contributed by atoms with Gasteiger partial charge in [-0.15, -0.1) is 0 Å². The summed E-state index contributed by atoms with van der Waals surface area (Å²) >= 11 is 0. The summed E-state index contributed by atoms with van der Waals surface area (Å²) in [5, 5.41) is 10.7. The second-order valence-electron chi connectivity index (χ2n) is 6.35. The molecule has 1 aromatic rings. The highest BCUT2D eigenvalue weighted by Gasteiger charge is 2.24. The van der Waals surface area contributed by atoms with Crippen molar-refractivity contribution in [3.8, 4) is 0 Å². The average molecular weight is 293 g/mol. The van der Waals surface area contributed by atoms with Gasteiger partial charge in [-0.25, -0.2) is 0 Å². The number of benzene rings is 1. The summed E-state index contributed by atoms with van der Waals surface area (Å²) in [6.45, 7) is 6.31. The first-order chi connectivity index (χ1) is 9.61. The number of amides is 1. The highest BCUT2D eigenvalue weighted by molar-refractivity contribution is 5.76. The zero-order valence-electron chi connectivity index (χ0n) is 13.0. The Hall–Kier alpha value is -1.95. The lowest BCUT2D eigenvalue weighted by atomic mass is 9.85. The van der Waals surface area contributed by atoms with Gasteiger partial charge in [-0.3, -0.25) is 14.9 Å². The van der Waals surface area contributed by atoms with Crippen LogP contribution < -0.4 is 5.73 Å². The first kappa shape index (κ1) is 17.1. The molecule has 21 heavy (non-hydrogen) atoms. The quantitative estimate of drug-likeness (QED) is 0.666. The van der Waals surface area contributed by atoms with E-state index in [2.05, 4.69) is 0 Å². The van der Waals surface area contributed by atoms with Crippen molar-refractivity contribution in [1.29, 1.82) is 0 Å². The van der Waals surface area contributed by atoms with Crippen molar-refractivity contribution in [3.05, 3.63) is 39.9 Å². The van der Waals surface area contributed by atoms with Crippen molar-refractivity contribution in [2.75, 3.05) is 7.05 Å². The van der Waals surface area contributed by atoms with E-state index in [0.717, 1.165) is 5.56 Å². The zero-order chi connectivity index (χ0) is 16.2. The van der Waals surface area contributed by atoms with E-state index in [4.69, 9.17) is 5.73 Å². The lowest BCUT2D eigenvalue weighted by Gasteiger charge is -2.28. The zero-order valence-corrected chi connectivity index (χ0v) is 13.0. The number of carbonyl (C=O) groups excluding carboxylic acids is 1. The van der Waals surface area contributed by atoms with Crippen LogP contribution in [0.15, 0.2) is 24.3 Å². The second kappa shape index (κ2) is 6.67. The van der Waals surface area contributed by atoms with Gasteiger partial charge in [0.15, 0.2) is 0 Å². The van der Waals surface area contributed by atoms with Crippen molar-refractivity contribution in [2.45, 2.75) is 39.8 Å². The summed E-state index contributed by atoms with van der Waals surface area (Å²) in [7, 11) is 1.68. The number of hydrogen-bond acceptors (Lipinski definition) is 4. The topological polar surface area (TPSA) is 89.5 Å². The van der Waals surface area contributed by atoms with Crippen molar-refractivity contribution >= 4 is 11.6 Å². The number of hydrogen-bond donors (Lipinski definition) is 1. The molecule has 116 valence electrons. The van der Waals surface area contributed by atoms with Gasteiger partial charge in [0, 0.05) is 38.2 Å². The Kier molecular flexibility index (Phi) is 5.43. The Morgan fingerprint density at radius 3 is 2.57 bits per heavy atom. The first-order valence-corrected chi connectivity index (χ1v) is 6.84. The molecule has 0 fully saturated rings. The average Bonchev–Trinajstić information content (AvgIpc) is 2.37. The normalized spacial score (nSPS) is 12.8. The molecule has 2 N–H and O–H groups in total. The highest BCUT2D eigenvalue weighted by Crippen LogP contribution is 2.21. The molecular formula is C15H23N3O3.